The Balaban J connectivity index is 0.000000136. The minimum absolute atomic E-state index is 0.109. The molecule has 110 heavy (non-hydrogen) atoms. The van der Waals surface area contributed by atoms with Gasteiger partial charge in [0.25, 0.3) is 0 Å². The molecule has 0 aromatic carbocycles. The predicted molar refractivity (Wildman–Crippen MR) is 448 cm³/mol. The lowest BCUT2D eigenvalue weighted by molar-refractivity contribution is -0.165. The van der Waals surface area contributed by atoms with Gasteiger partial charge in [0.15, 0.2) is 0 Å². The second-order valence-electron chi connectivity index (χ2n) is 43.0. The first kappa shape index (κ1) is 85.6. The van der Waals surface area contributed by atoms with E-state index < -0.39 is 56.9 Å². The molecule has 21 atom stereocenters. The zero-order valence-corrected chi connectivity index (χ0v) is 72.2. The van der Waals surface area contributed by atoms with E-state index in [0.717, 1.165) is 135 Å². The van der Waals surface area contributed by atoms with Gasteiger partial charge in [-0.1, -0.05) is 196 Å². The fourth-order valence-corrected chi connectivity index (χ4v) is 28.8. The molecule has 0 aromatic rings. The fourth-order valence-electron chi connectivity index (χ4n) is 28.8. The highest BCUT2D eigenvalue weighted by molar-refractivity contribution is 5.77. The lowest BCUT2D eigenvalue weighted by atomic mass is 9.45. The summed E-state index contributed by atoms with van der Waals surface area (Å²) in [6.07, 6.45) is 55.4. The van der Waals surface area contributed by atoms with Crippen LogP contribution in [0, 0.1) is 130 Å². The van der Waals surface area contributed by atoms with E-state index in [1.165, 1.54) is 100 Å². The Hall–Kier alpha value is -5.25. The van der Waals surface area contributed by atoms with Crippen LogP contribution in [0.15, 0.2) is 117 Å². The van der Waals surface area contributed by atoms with E-state index in [0.29, 0.717) is 53.3 Å². The molecule has 10 nitrogen and oxygen atoms in total. The van der Waals surface area contributed by atoms with Gasteiger partial charge in [-0.05, 0) is 349 Å². The van der Waals surface area contributed by atoms with Gasteiger partial charge < -0.3 is 25.5 Å². The summed E-state index contributed by atoms with van der Waals surface area (Å²) < 4.78 is 0. The van der Waals surface area contributed by atoms with Crippen molar-refractivity contribution in [2.45, 2.75) is 343 Å². The zero-order valence-electron chi connectivity index (χ0n) is 72.2. The summed E-state index contributed by atoms with van der Waals surface area (Å²) in [4.78, 5) is 59.7. The van der Waals surface area contributed by atoms with E-state index in [1.54, 1.807) is 39.0 Å². The van der Waals surface area contributed by atoms with Crippen LogP contribution in [0.2, 0.25) is 0 Å². The Labute approximate surface area is 666 Å². The first-order valence-electron chi connectivity index (χ1n) is 44.4. The van der Waals surface area contributed by atoms with Crippen LogP contribution in [0.3, 0.4) is 0 Å². The molecule has 610 valence electrons. The summed E-state index contributed by atoms with van der Waals surface area (Å²) in [7, 11) is 0. The molecule has 0 spiro atoms. The molecule has 15 aliphatic carbocycles. The molecule has 0 saturated heterocycles. The maximum Gasteiger partial charge on any atom is 0.309 e. The summed E-state index contributed by atoms with van der Waals surface area (Å²) in [5.41, 5.74) is 14.0. The Bertz CT molecular complexity index is 3830. The average molecular weight is 1510 g/mol. The predicted octanol–water partition coefficient (Wildman–Crippen LogP) is 26.3. The van der Waals surface area contributed by atoms with Gasteiger partial charge in [-0.3, -0.25) is 24.0 Å². The first-order valence-corrected chi connectivity index (χ1v) is 44.4. The van der Waals surface area contributed by atoms with E-state index in [1.807, 2.05) is 34.6 Å². The van der Waals surface area contributed by atoms with Crippen LogP contribution in [-0.4, -0.2) is 55.4 Å². The summed E-state index contributed by atoms with van der Waals surface area (Å²) in [5, 5.41) is 49.2. The molecule has 5 N–H and O–H groups in total. The number of aliphatic carboxylic acids is 5. The monoisotopic (exact) mass is 1510 g/mol. The van der Waals surface area contributed by atoms with Crippen LogP contribution in [0.4, 0.5) is 0 Å². The first-order chi connectivity index (χ1) is 51.4. The zero-order chi connectivity index (χ0) is 80.7. The van der Waals surface area contributed by atoms with E-state index >= 15 is 0 Å². The summed E-state index contributed by atoms with van der Waals surface area (Å²) in [6.45, 7) is 48.1. The second kappa shape index (κ2) is 31.4. The van der Waals surface area contributed by atoms with Crippen molar-refractivity contribution in [2.75, 3.05) is 0 Å². The van der Waals surface area contributed by atoms with Crippen molar-refractivity contribution in [3.8, 4) is 0 Å². The number of rotatable bonds is 9. The van der Waals surface area contributed by atoms with Gasteiger partial charge in [-0.15, -0.1) is 13.2 Å². The quantitative estimate of drug-likeness (QED) is 0.139. The van der Waals surface area contributed by atoms with Crippen molar-refractivity contribution in [1.29, 1.82) is 0 Å². The van der Waals surface area contributed by atoms with E-state index in [9.17, 15) is 49.5 Å². The van der Waals surface area contributed by atoms with Crippen molar-refractivity contribution in [2.24, 2.45) is 130 Å². The SMILES string of the molecule is C=C[C@@]1(C)C=C2CCC3[C@](C)(C(=O)O)CCC[C@]3(C)[C@H]2CC1.C=C[C@@]1(C)CC[C@H]2C(=CC[C@@H]3[C@]2(C)CCC[C@@]3(C)C(=O)O)C1.CC(C)=C1C=C2CC[C@@H]3[C@](C)(CCC[C@@]3(C)C(=O)O)[C@H]2CC1.CC(C)C1=CC2=C(CC1)[C@@]1(C)CCC[C@@](C)(C(=O)O)C1CC2.CC(C)C1=CC2=CC[C@@H]3[C@](C)(CCC[C@@]3(C)C(=O)O)[C@H]2CC1. The van der Waals surface area contributed by atoms with Crippen LogP contribution < -0.4 is 0 Å². The third-order valence-corrected chi connectivity index (χ3v) is 36.0. The topological polar surface area (TPSA) is 186 Å². The van der Waals surface area contributed by atoms with Crippen LogP contribution in [-0.2, 0) is 24.0 Å². The smallest absolute Gasteiger partial charge is 0.309 e. The minimum atomic E-state index is -0.591. The molecule has 0 bridgehead atoms. The Morgan fingerprint density at radius 1 is 0.400 bits per heavy atom. The minimum Gasteiger partial charge on any atom is -0.481 e. The van der Waals surface area contributed by atoms with Crippen molar-refractivity contribution in [3.05, 3.63) is 117 Å². The second-order valence-corrected chi connectivity index (χ2v) is 43.0. The van der Waals surface area contributed by atoms with E-state index in [4.69, 9.17) is 0 Å². The molecule has 10 heteroatoms. The Kier molecular flexibility index (Phi) is 24.4. The number of hydrogen-bond donors (Lipinski definition) is 5. The number of carboxylic acids is 5. The number of hydrogen-bond acceptors (Lipinski definition) is 5. The molecule has 8 fully saturated rings. The van der Waals surface area contributed by atoms with Gasteiger partial charge in [0.05, 0.1) is 27.1 Å². The molecule has 0 aromatic heterocycles. The lowest BCUT2D eigenvalue weighted by Crippen LogP contribution is -2.54. The maximum atomic E-state index is 12.0. The molecule has 2 unspecified atom stereocenters. The highest BCUT2D eigenvalue weighted by atomic mass is 16.4. The normalized spacial score (nSPS) is 43.3. The highest BCUT2D eigenvalue weighted by Crippen LogP contribution is 2.69. The van der Waals surface area contributed by atoms with Gasteiger partial charge in [0.1, 0.15) is 0 Å². The van der Waals surface area contributed by atoms with Gasteiger partial charge in [-0.25, -0.2) is 0 Å². The molecule has 8 saturated carbocycles. The average Bonchev–Trinajstić information content (AvgIpc) is 0.740. The van der Waals surface area contributed by atoms with Crippen molar-refractivity contribution in [1.82, 2.24) is 0 Å². The molecular weight excluding hydrogens is 1360 g/mol. The van der Waals surface area contributed by atoms with Crippen LogP contribution in [0.25, 0.3) is 0 Å². The molecule has 0 aliphatic heterocycles. The summed E-state index contributed by atoms with van der Waals surface area (Å²) in [6, 6.07) is 0. The number of carboxylic acid groups (broad SMARTS) is 5. The third-order valence-electron chi connectivity index (χ3n) is 36.0. The highest BCUT2D eigenvalue weighted by Gasteiger charge is 2.63. The molecular formula is C100H150O10. The van der Waals surface area contributed by atoms with Gasteiger partial charge >= 0.3 is 29.8 Å². The Morgan fingerprint density at radius 2 is 0.818 bits per heavy atom. The summed E-state index contributed by atoms with van der Waals surface area (Å²) in [5.74, 6) is 2.21. The van der Waals surface area contributed by atoms with Crippen LogP contribution >= 0.6 is 0 Å². The van der Waals surface area contributed by atoms with Gasteiger partial charge in [-0.2, -0.15) is 0 Å². The van der Waals surface area contributed by atoms with Gasteiger partial charge in [0, 0.05) is 5.41 Å². The summed E-state index contributed by atoms with van der Waals surface area (Å²) >= 11 is 0. The molecule has 15 rings (SSSR count). The van der Waals surface area contributed by atoms with Crippen LogP contribution in [0.5, 0.6) is 0 Å². The van der Waals surface area contributed by atoms with Crippen molar-refractivity contribution in [3.63, 3.8) is 0 Å². The fraction of sp³-hybridized carbons (Fsp3) is 0.750. The van der Waals surface area contributed by atoms with Crippen molar-refractivity contribution < 1.29 is 49.5 Å². The largest absolute Gasteiger partial charge is 0.481 e. The lowest BCUT2D eigenvalue weighted by Gasteiger charge is -2.59. The maximum absolute atomic E-state index is 12.0. The number of carbonyl (C=O) groups is 5. The number of fused-ring (bicyclic) bond motifs is 14. The van der Waals surface area contributed by atoms with Gasteiger partial charge in [0.2, 0.25) is 0 Å². The van der Waals surface area contributed by atoms with E-state index in [2.05, 4.69) is 152 Å². The molecule has 0 amide bonds. The van der Waals surface area contributed by atoms with Crippen LogP contribution in [0.1, 0.15) is 343 Å². The number of allylic oxidation sites excluding steroid dienone is 18. The Morgan fingerprint density at radius 3 is 1.31 bits per heavy atom. The molecule has 0 heterocycles. The standard InChI is InChI=1S/5C20H30O2/c3*1-13(2)14-6-8-16-15(12-14)7-9-17-19(16,3)10-5-11-20(17,4)18(21)22;2*1-5-18(2)12-9-15-14(13-18)7-8-16-19(15,3)10-6-11-20(16,4)17(21)22/h12,16-17H,5-11H2,1-4H3,(H,21,22);12-13,17H,5-11H2,1-4H3,(H,21,22);7,12-13,16-17H,5-6,8-11H2,1-4H3,(H,21,22);5,13,15-16H,1,6-12H2,2-4H3,(H,21,22);5,7,15-16H,1,6,8-13H2,2-4H3,(H,21,22)/t16-,17+,19+,20+;17?,19-,20-;16-,17+,19+,20+;15-,16?,18+,19+,20+;15-,16+,18-,19+,20+/m01000/s1. The molecule has 0 radical (unpaired) electrons. The van der Waals surface area contributed by atoms with E-state index in [-0.39, 0.29) is 49.7 Å². The molecule has 15 aliphatic rings. The third kappa shape index (κ3) is 15.0. The van der Waals surface area contributed by atoms with Crippen molar-refractivity contribution >= 4 is 29.8 Å².